The van der Waals surface area contributed by atoms with Crippen LogP contribution in [0.4, 0.5) is 21.5 Å². The molecule has 0 aliphatic rings. The highest BCUT2D eigenvalue weighted by Crippen LogP contribution is 2.29. The number of hydrogen-bond acceptors (Lipinski definition) is 4. The molecule has 2 N–H and O–H groups in total. The number of halogens is 1. The first-order chi connectivity index (χ1) is 9.88. The van der Waals surface area contributed by atoms with Crippen LogP contribution >= 0.6 is 0 Å². The highest BCUT2D eigenvalue weighted by Gasteiger charge is 2.17. The summed E-state index contributed by atoms with van der Waals surface area (Å²) in [6, 6.07) is 7.73. The van der Waals surface area contributed by atoms with Gasteiger partial charge in [-0.2, -0.15) is 0 Å². The number of nitrogens with zero attached hydrogens (tertiary/aromatic N) is 1. The molecule has 2 rings (SSSR count). The second-order valence-electron chi connectivity index (χ2n) is 4.38. The molecule has 2 aromatic rings. The Balaban J connectivity index is 2.41. The van der Waals surface area contributed by atoms with Gasteiger partial charge in [0.25, 0.3) is 5.69 Å². The van der Waals surface area contributed by atoms with E-state index in [1.54, 1.807) is 6.92 Å². The SMILES string of the molecule is Cc1cc(Nc2ccc(C(=O)O)cc2[N+](=O)[O-])ccc1F. The van der Waals surface area contributed by atoms with Gasteiger partial charge in [-0.15, -0.1) is 0 Å². The summed E-state index contributed by atoms with van der Waals surface area (Å²) in [6.45, 7) is 1.57. The molecule has 0 spiro atoms. The summed E-state index contributed by atoms with van der Waals surface area (Å²) < 4.78 is 13.2. The van der Waals surface area contributed by atoms with Crippen LogP contribution in [-0.2, 0) is 0 Å². The van der Waals surface area contributed by atoms with Crippen molar-refractivity contribution in [2.75, 3.05) is 5.32 Å². The molecule has 0 saturated carbocycles. The van der Waals surface area contributed by atoms with E-state index in [-0.39, 0.29) is 22.8 Å². The third kappa shape index (κ3) is 3.14. The van der Waals surface area contributed by atoms with Crippen molar-refractivity contribution in [3.05, 3.63) is 63.5 Å². The van der Waals surface area contributed by atoms with Crippen molar-refractivity contribution in [2.24, 2.45) is 0 Å². The van der Waals surface area contributed by atoms with Crippen LogP contribution in [-0.4, -0.2) is 16.0 Å². The summed E-state index contributed by atoms with van der Waals surface area (Å²) in [5.41, 5.74) is 0.459. The number of rotatable bonds is 4. The summed E-state index contributed by atoms with van der Waals surface area (Å²) in [6.07, 6.45) is 0. The molecule has 0 heterocycles. The fourth-order valence-electron chi connectivity index (χ4n) is 1.80. The number of nitrogens with one attached hydrogen (secondary N) is 1. The van der Waals surface area contributed by atoms with Gasteiger partial charge in [-0.25, -0.2) is 9.18 Å². The summed E-state index contributed by atoms with van der Waals surface area (Å²) in [5.74, 6) is -1.63. The lowest BCUT2D eigenvalue weighted by Crippen LogP contribution is -2.02. The van der Waals surface area contributed by atoms with Gasteiger partial charge in [0.15, 0.2) is 0 Å². The largest absolute Gasteiger partial charge is 0.478 e. The Labute approximate surface area is 119 Å². The Bertz CT molecular complexity index is 731. The van der Waals surface area contributed by atoms with Crippen molar-refractivity contribution in [1.82, 2.24) is 0 Å². The number of hydrogen-bond donors (Lipinski definition) is 2. The molecule has 0 radical (unpaired) electrons. The Morgan fingerprint density at radius 3 is 2.57 bits per heavy atom. The van der Waals surface area contributed by atoms with Gasteiger partial charge >= 0.3 is 5.97 Å². The lowest BCUT2D eigenvalue weighted by Gasteiger charge is -2.09. The minimum Gasteiger partial charge on any atom is -0.478 e. The van der Waals surface area contributed by atoms with Crippen molar-refractivity contribution >= 4 is 23.0 Å². The summed E-state index contributed by atoms with van der Waals surface area (Å²) in [4.78, 5) is 21.2. The van der Waals surface area contributed by atoms with Gasteiger partial charge in [0.2, 0.25) is 0 Å². The van der Waals surface area contributed by atoms with Gasteiger partial charge in [0.1, 0.15) is 11.5 Å². The third-order valence-electron chi connectivity index (χ3n) is 2.88. The number of carbonyl (C=O) groups is 1. The van der Waals surface area contributed by atoms with Crippen LogP contribution in [0.1, 0.15) is 15.9 Å². The standard InChI is InChI=1S/C14H11FN2O4/c1-8-6-10(3-4-11(8)15)16-12-5-2-9(14(18)19)7-13(12)17(20)21/h2-7,16H,1H3,(H,18,19). The minimum absolute atomic E-state index is 0.135. The molecule has 21 heavy (non-hydrogen) atoms. The monoisotopic (exact) mass is 290 g/mol. The van der Waals surface area contributed by atoms with Crippen LogP contribution in [0.15, 0.2) is 36.4 Å². The lowest BCUT2D eigenvalue weighted by atomic mass is 10.1. The molecule has 0 aliphatic heterocycles. The number of aryl methyl sites for hydroxylation is 1. The Hall–Kier alpha value is -2.96. The molecule has 0 bridgehead atoms. The maximum Gasteiger partial charge on any atom is 0.335 e. The van der Waals surface area contributed by atoms with Gasteiger partial charge in [-0.1, -0.05) is 0 Å². The fourth-order valence-corrected chi connectivity index (χ4v) is 1.80. The van der Waals surface area contributed by atoms with Crippen LogP contribution in [0.25, 0.3) is 0 Å². The molecule has 0 saturated heterocycles. The first-order valence-corrected chi connectivity index (χ1v) is 5.93. The molecule has 0 unspecified atom stereocenters. The molecule has 2 aromatic carbocycles. The zero-order chi connectivity index (χ0) is 15.6. The van der Waals surface area contributed by atoms with Crippen molar-refractivity contribution in [3.8, 4) is 0 Å². The second kappa shape index (κ2) is 5.58. The molecule has 0 aromatic heterocycles. The van der Waals surface area contributed by atoms with E-state index in [4.69, 9.17) is 5.11 Å². The quantitative estimate of drug-likeness (QED) is 0.664. The molecule has 6 nitrogen and oxygen atoms in total. The minimum atomic E-state index is -1.25. The molecule has 0 atom stereocenters. The van der Waals surface area contributed by atoms with E-state index in [2.05, 4.69) is 5.32 Å². The Morgan fingerprint density at radius 1 is 1.29 bits per heavy atom. The topological polar surface area (TPSA) is 92.5 Å². The van der Waals surface area contributed by atoms with Crippen LogP contribution in [0.3, 0.4) is 0 Å². The van der Waals surface area contributed by atoms with Gasteiger partial charge in [-0.05, 0) is 42.8 Å². The number of nitro groups is 1. The summed E-state index contributed by atoms with van der Waals surface area (Å²) >= 11 is 0. The van der Waals surface area contributed by atoms with Crippen LogP contribution in [0, 0.1) is 22.9 Å². The number of aromatic carboxylic acids is 1. The van der Waals surface area contributed by atoms with E-state index < -0.39 is 10.9 Å². The normalized spacial score (nSPS) is 10.2. The predicted octanol–water partition coefficient (Wildman–Crippen LogP) is 3.48. The van der Waals surface area contributed by atoms with E-state index >= 15 is 0 Å². The first-order valence-electron chi connectivity index (χ1n) is 5.93. The summed E-state index contributed by atoms with van der Waals surface area (Å²) in [5, 5.41) is 22.7. The highest BCUT2D eigenvalue weighted by molar-refractivity contribution is 5.90. The molecule has 0 fully saturated rings. The Morgan fingerprint density at radius 2 is 2.00 bits per heavy atom. The second-order valence-corrected chi connectivity index (χ2v) is 4.38. The maximum absolute atomic E-state index is 13.2. The van der Waals surface area contributed by atoms with E-state index in [9.17, 15) is 19.3 Å². The van der Waals surface area contributed by atoms with Gasteiger partial charge < -0.3 is 10.4 Å². The highest BCUT2D eigenvalue weighted by atomic mass is 19.1. The van der Waals surface area contributed by atoms with Crippen molar-refractivity contribution in [3.63, 3.8) is 0 Å². The molecular formula is C14H11FN2O4. The number of anilines is 2. The molecular weight excluding hydrogens is 279 g/mol. The molecule has 0 amide bonds. The van der Waals surface area contributed by atoms with Crippen molar-refractivity contribution < 1.29 is 19.2 Å². The van der Waals surface area contributed by atoms with Crippen molar-refractivity contribution in [2.45, 2.75) is 6.92 Å². The van der Waals surface area contributed by atoms with Gasteiger partial charge in [0, 0.05) is 11.8 Å². The van der Waals surface area contributed by atoms with E-state index in [0.717, 1.165) is 6.07 Å². The average molecular weight is 290 g/mol. The van der Waals surface area contributed by atoms with Crippen LogP contribution in [0.2, 0.25) is 0 Å². The van der Waals surface area contributed by atoms with Crippen molar-refractivity contribution in [1.29, 1.82) is 0 Å². The Kier molecular flexibility index (Phi) is 3.84. The maximum atomic E-state index is 13.2. The molecule has 108 valence electrons. The third-order valence-corrected chi connectivity index (χ3v) is 2.88. The number of benzene rings is 2. The molecule has 7 heteroatoms. The fraction of sp³-hybridized carbons (Fsp3) is 0.0714. The number of carboxylic acid groups (broad SMARTS) is 1. The van der Waals surface area contributed by atoms with Crippen LogP contribution in [0.5, 0.6) is 0 Å². The van der Waals surface area contributed by atoms with E-state index in [1.165, 1.54) is 30.3 Å². The van der Waals surface area contributed by atoms with E-state index in [0.29, 0.717) is 11.3 Å². The van der Waals surface area contributed by atoms with Crippen LogP contribution < -0.4 is 5.32 Å². The smallest absolute Gasteiger partial charge is 0.335 e. The van der Waals surface area contributed by atoms with Gasteiger partial charge in [0.05, 0.1) is 10.5 Å². The predicted molar refractivity (Wildman–Crippen MR) is 74.5 cm³/mol. The van der Waals surface area contributed by atoms with Gasteiger partial charge in [-0.3, -0.25) is 10.1 Å². The zero-order valence-electron chi connectivity index (χ0n) is 11.0. The first kappa shape index (κ1) is 14.4. The zero-order valence-corrected chi connectivity index (χ0v) is 11.0. The summed E-state index contributed by atoms with van der Waals surface area (Å²) in [7, 11) is 0. The number of nitro benzene ring substituents is 1. The average Bonchev–Trinajstić information content (AvgIpc) is 2.43. The van der Waals surface area contributed by atoms with E-state index in [1.807, 2.05) is 0 Å². The molecule has 0 aliphatic carbocycles. The lowest BCUT2D eigenvalue weighted by molar-refractivity contribution is -0.383. The number of carboxylic acids is 1.